The van der Waals surface area contributed by atoms with E-state index in [2.05, 4.69) is 34.6 Å². The van der Waals surface area contributed by atoms with Gasteiger partial charge in [0.05, 0.1) is 26.4 Å². The van der Waals surface area contributed by atoms with Gasteiger partial charge in [-0.1, -0.05) is 369 Å². The molecule has 19 heteroatoms. The summed E-state index contributed by atoms with van der Waals surface area (Å²) in [5.41, 5.74) is 0. The molecular formula is C79H154O17P2. The molecule has 6 atom stereocenters. The van der Waals surface area contributed by atoms with Crippen molar-refractivity contribution in [2.24, 2.45) is 5.92 Å². The number of carbonyl (C=O) groups is 4. The molecule has 3 N–H and O–H groups in total. The van der Waals surface area contributed by atoms with Gasteiger partial charge in [0, 0.05) is 25.7 Å². The lowest BCUT2D eigenvalue weighted by atomic mass is 9.99. The van der Waals surface area contributed by atoms with Crippen LogP contribution in [0.5, 0.6) is 0 Å². The monoisotopic (exact) mass is 1440 g/mol. The SMILES string of the molecule is CCCCCCCCCCCCCCCCCCCCCCCC(=O)O[C@H](COC(=O)CCCCCCCCCCCCCCCCC(C)CC)COP(=O)(O)OC[C@@H](O)COP(=O)(O)OC[C@@H](COC(=O)CCCCCCC)OC(=O)CCCCCCCCCCCCCCCC. The van der Waals surface area contributed by atoms with Crippen LogP contribution in [-0.4, -0.2) is 96.7 Å². The lowest BCUT2D eigenvalue weighted by Crippen LogP contribution is -2.30. The minimum absolute atomic E-state index is 0.107. The van der Waals surface area contributed by atoms with E-state index in [9.17, 15) is 43.2 Å². The molecule has 0 heterocycles. The molecule has 0 fully saturated rings. The third-order valence-electron chi connectivity index (χ3n) is 18.9. The van der Waals surface area contributed by atoms with Gasteiger partial charge in [-0.05, 0) is 31.6 Å². The van der Waals surface area contributed by atoms with Crippen molar-refractivity contribution >= 4 is 39.5 Å². The predicted molar refractivity (Wildman–Crippen MR) is 400 cm³/mol. The fourth-order valence-electron chi connectivity index (χ4n) is 12.2. The number of esters is 4. The number of carbonyl (C=O) groups excluding carboxylic acids is 4. The zero-order valence-electron chi connectivity index (χ0n) is 63.9. The number of aliphatic hydroxyl groups is 1. The van der Waals surface area contributed by atoms with E-state index in [0.29, 0.717) is 25.7 Å². The minimum Gasteiger partial charge on any atom is -0.462 e. The molecule has 0 aliphatic heterocycles. The van der Waals surface area contributed by atoms with Crippen LogP contribution in [0.1, 0.15) is 420 Å². The molecule has 17 nitrogen and oxygen atoms in total. The summed E-state index contributed by atoms with van der Waals surface area (Å²) in [5, 5.41) is 10.6. The standard InChI is InChI=1S/C79H154O17P2/c1-6-10-13-16-18-20-22-24-26-27-28-29-30-31-32-38-42-46-50-55-60-65-79(84)96-75(69-90-77(82)63-58-53-48-44-40-37-34-33-35-39-43-47-52-56-61-72(5)9-4)71-94-98(87,88)92-67-73(80)66-91-97(85,86)93-70-74(68-89-76(81)62-57-51-15-12-8-3)95-78(83)64-59-54-49-45-41-36-25-23-21-19-17-14-11-7-2/h72-75,80H,6-71H2,1-5H3,(H,85,86)(H,87,88)/t72?,73-,74+,75+/m0/s1. The number of rotatable bonds is 79. The van der Waals surface area contributed by atoms with Crippen molar-refractivity contribution in [3.8, 4) is 0 Å². The van der Waals surface area contributed by atoms with E-state index in [1.807, 2.05) is 0 Å². The molecule has 0 saturated heterocycles. The number of ether oxygens (including phenoxy) is 4. The fraction of sp³-hybridized carbons (Fsp3) is 0.949. The van der Waals surface area contributed by atoms with Crippen LogP contribution in [0.15, 0.2) is 0 Å². The van der Waals surface area contributed by atoms with Crippen molar-refractivity contribution in [3.05, 3.63) is 0 Å². The molecule has 0 aliphatic carbocycles. The van der Waals surface area contributed by atoms with Gasteiger partial charge < -0.3 is 33.8 Å². The molecule has 0 aromatic rings. The maximum absolute atomic E-state index is 13.1. The maximum atomic E-state index is 13.1. The topological polar surface area (TPSA) is 237 Å². The van der Waals surface area contributed by atoms with Gasteiger partial charge in [-0.3, -0.25) is 37.3 Å². The maximum Gasteiger partial charge on any atom is 0.472 e. The Hall–Kier alpha value is -1.94. The molecule has 0 aromatic heterocycles. The summed E-state index contributed by atoms with van der Waals surface area (Å²) in [4.78, 5) is 72.6. The van der Waals surface area contributed by atoms with Crippen molar-refractivity contribution in [1.82, 2.24) is 0 Å². The number of hydrogen-bond donors (Lipinski definition) is 3. The van der Waals surface area contributed by atoms with E-state index in [-0.39, 0.29) is 25.7 Å². The van der Waals surface area contributed by atoms with Crippen molar-refractivity contribution in [1.29, 1.82) is 0 Å². The second-order valence-corrected chi connectivity index (χ2v) is 31.6. The Bertz CT molecular complexity index is 1880. The Kier molecular flexibility index (Phi) is 70.6. The minimum atomic E-state index is -4.96. The van der Waals surface area contributed by atoms with E-state index < -0.39 is 97.5 Å². The van der Waals surface area contributed by atoms with Gasteiger partial charge in [0.25, 0.3) is 0 Å². The Morgan fingerprint density at radius 2 is 0.490 bits per heavy atom. The number of phosphoric ester groups is 2. The summed E-state index contributed by atoms with van der Waals surface area (Å²) >= 11 is 0. The highest BCUT2D eigenvalue weighted by Crippen LogP contribution is 2.45. The van der Waals surface area contributed by atoms with Crippen LogP contribution in [0.2, 0.25) is 0 Å². The van der Waals surface area contributed by atoms with Gasteiger partial charge >= 0.3 is 39.5 Å². The second kappa shape index (κ2) is 72.0. The van der Waals surface area contributed by atoms with Crippen LogP contribution in [0, 0.1) is 5.92 Å². The summed E-state index contributed by atoms with van der Waals surface area (Å²) in [6.45, 7) is 7.28. The van der Waals surface area contributed by atoms with Gasteiger partial charge in [0.1, 0.15) is 19.3 Å². The third-order valence-corrected chi connectivity index (χ3v) is 20.8. The first kappa shape index (κ1) is 96.1. The lowest BCUT2D eigenvalue weighted by molar-refractivity contribution is -0.161. The molecule has 0 spiro atoms. The molecule has 0 aliphatic rings. The van der Waals surface area contributed by atoms with E-state index in [1.54, 1.807) is 0 Å². The highest BCUT2D eigenvalue weighted by atomic mass is 31.2. The smallest absolute Gasteiger partial charge is 0.462 e. The third kappa shape index (κ3) is 71.1. The lowest BCUT2D eigenvalue weighted by Gasteiger charge is -2.21. The average molecular weight is 1440 g/mol. The molecule has 0 rings (SSSR count). The van der Waals surface area contributed by atoms with Crippen LogP contribution < -0.4 is 0 Å². The van der Waals surface area contributed by atoms with E-state index in [4.69, 9.17) is 37.0 Å². The Balaban J connectivity index is 5.12. The molecule has 98 heavy (non-hydrogen) atoms. The average Bonchev–Trinajstić information content (AvgIpc) is 1.28. The normalized spacial score (nSPS) is 14.2. The van der Waals surface area contributed by atoms with Crippen molar-refractivity contribution < 1.29 is 80.2 Å². The summed E-state index contributed by atoms with van der Waals surface area (Å²) < 4.78 is 68.4. The summed E-state index contributed by atoms with van der Waals surface area (Å²) in [6.07, 6.45) is 62.9. The molecular weight excluding hydrogens is 1280 g/mol. The summed E-state index contributed by atoms with van der Waals surface area (Å²) in [6, 6.07) is 0. The first-order chi connectivity index (χ1) is 47.6. The molecule has 582 valence electrons. The zero-order valence-corrected chi connectivity index (χ0v) is 65.7. The van der Waals surface area contributed by atoms with Crippen molar-refractivity contribution in [2.75, 3.05) is 39.6 Å². The largest absolute Gasteiger partial charge is 0.472 e. The predicted octanol–water partition coefficient (Wildman–Crippen LogP) is 23.6. The molecule has 0 bridgehead atoms. The zero-order chi connectivity index (χ0) is 71.9. The summed E-state index contributed by atoms with van der Waals surface area (Å²) in [5.74, 6) is -1.27. The van der Waals surface area contributed by atoms with E-state index >= 15 is 0 Å². The highest BCUT2D eigenvalue weighted by Gasteiger charge is 2.30. The van der Waals surface area contributed by atoms with Crippen LogP contribution in [-0.2, 0) is 65.4 Å². The second-order valence-electron chi connectivity index (χ2n) is 28.7. The fourth-order valence-corrected chi connectivity index (χ4v) is 13.8. The summed E-state index contributed by atoms with van der Waals surface area (Å²) in [7, 11) is -9.90. The molecule has 0 radical (unpaired) electrons. The van der Waals surface area contributed by atoms with E-state index in [0.717, 1.165) is 102 Å². The van der Waals surface area contributed by atoms with Gasteiger partial charge in [0.15, 0.2) is 12.2 Å². The first-order valence-electron chi connectivity index (χ1n) is 41.2. The number of aliphatic hydroxyl groups excluding tert-OH is 1. The Morgan fingerprint density at radius 3 is 0.724 bits per heavy atom. The number of unbranched alkanes of at least 4 members (excludes halogenated alkanes) is 50. The van der Waals surface area contributed by atoms with Crippen LogP contribution in [0.25, 0.3) is 0 Å². The molecule has 0 aromatic carbocycles. The van der Waals surface area contributed by atoms with Crippen molar-refractivity contribution in [3.63, 3.8) is 0 Å². The van der Waals surface area contributed by atoms with Crippen LogP contribution >= 0.6 is 15.6 Å². The van der Waals surface area contributed by atoms with Gasteiger partial charge in [-0.2, -0.15) is 0 Å². The van der Waals surface area contributed by atoms with Crippen molar-refractivity contribution in [2.45, 2.75) is 438 Å². The van der Waals surface area contributed by atoms with Gasteiger partial charge in [-0.15, -0.1) is 0 Å². The first-order valence-corrected chi connectivity index (χ1v) is 44.2. The van der Waals surface area contributed by atoms with Crippen LogP contribution in [0.4, 0.5) is 0 Å². The molecule has 0 saturated carbocycles. The molecule has 0 amide bonds. The van der Waals surface area contributed by atoms with Gasteiger partial charge in [-0.25, -0.2) is 9.13 Å². The highest BCUT2D eigenvalue weighted by molar-refractivity contribution is 7.47. The number of hydrogen-bond acceptors (Lipinski definition) is 15. The van der Waals surface area contributed by atoms with Gasteiger partial charge in [0.2, 0.25) is 0 Å². The molecule has 3 unspecified atom stereocenters. The number of phosphoric acid groups is 2. The Morgan fingerprint density at radius 1 is 0.286 bits per heavy atom. The quantitative estimate of drug-likeness (QED) is 0.0222. The van der Waals surface area contributed by atoms with E-state index in [1.165, 1.54) is 238 Å². The Labute approximate surface area is 600 Å². The van der Waals surface area contributed by atoms with Crippen LogP contribution in [0.3, 0.4) is 0 Å².